The third kappa shape index (κ3) is 2.34. The van der Waals surface area contributed by atoms with Crippen LogP contribution < -0.4 is 10.2 Å². The van der Waals surface area contributed by atoms with Crippen LogP contribution >= 0.6 is 0 Å². The molecule has 4 heteroatoms. The lowest BCUT2D eigenvalue weighted by atomic mass is 10.1. The molecule has 0 spiro atoms. The van der Waals surface area contributed by atoms with E-state index in [1.807, 2.05) is 36.4 Å². The molecule has 2 fully saturated rings. The Bertz CT molecular complexity index is 752. The molecule has 1 heterocycles. The summed E-state index contributed by atoms with van der Waals surface area (Å²) in [6.45, 7) is 0.611. The van der Waals surface area contributed by atoms with Crippen molar-refractivity contribution in [2.75, 3.05) is 11.4 Å². The standard InChI is InChI=1S/C18H18N2O2/c21-17(19-14-6-7-14)16-9-10-20(18(16)22)15-8-5-12-3-1-2-4-13(12)11-15/h1-5,8,11,14,16H,6-7,9-10H2,(H,19,21). The molecule has 2 amide bonds. The van der Waals surface area contributed by atoms with Gasteiger partial charge in [-0.05, 0) is 42.2 Å². The lowest BCUT2D eigenvalue weighted by molar-refractivity contribution is -0.132. The summed E-state index contributed by atoms with van der Waals surface area (Å²) in [7, 11) is 0. The molecule has 1 saturated heterocycles. The summed E-state index contributed by atoms with van der Waals surface area (Å²) in [6, 6.07) is 14.4. The molecule has 4 rings (SSSR count). The van der Waals surface area contributed by atoms with E-state index < -0.39 is 5.92 Å². The Morgan fingerprint density at radius 2 is 1.82 bits per heavy atom. The van der Waals surface area contributed by atoms with Gasteiger partial charge in [-0.15, -0.1) is 0 Å². The van der Waals surface area contributed by atoms with Crippen molar-refractivity contribution in [1.29, 1.82) is 0 Å². The smallest absolute Gasteiger partial charge is 0.239 e. The normalized spacial score (nSPS) is 21.4. The first-order valence-corrected chi connectivity index (χ1v) is 7.83. The summed E-state index contributed by atoms with van der Waals surface area (Å²) in [5.41, 5.74) is 0.880. The highest BCUT2D eigenvalue weighted by atomic mass is 16.2. The van der Waals surface area contributed by atoms with Gasteiger partial charge in [-0.25, -0.2) is 0 Å². The van der Waals surface area contributed by atoms with Gasteiger partial charge in [0.05, 0.1) is 0 Å². The SMILES string of the molecule is O=C(NC1CC1)C1CCN(c2ccc3ccccc3c2)C1=O. The molecule has 1 aliphatic heterocycles. The van der Waals surface area contributed by atoms with Crippen LogP contribution in [0.5, 0.6) is 0 Å². The van der Waals surface area contributed by atoms with E-state index in [9.17, 15) is 9.59 Å². The number of fused-ring (bicyclic) bond motifs is 1. The molecular formula is C18H18N2O2. The molecule has 112 valence electrons. The molecule has 0 radical (unpaired) electrons. The maximum absolute atomic E-state index is 12.6. The molecule has 1 atom stereocenters. The summed E-state index contributed by atoms with van der Waals surface area (Å²) < 4.78 is 0. The minimum atomic E-state index is -0.521. The molecule has 1 aliphatic carbocycles. The fourth-order valence-corrected chi connectivity index (χ4v) is 3.05. The van der Waals surface area contributed by atoms with Gasteiger partial charge >= 0.3 is 0 Å². The maximum Gasteiger partial charge on any atom is 0.239 e. The average molecular weight is 294 g/mol. The van der Waals surface area contributed by atoms with Crippen LogP contribution in [0, 0.1) is 5.92 Å². The van der Waals surface area contributed by atoms with Crippen molar-refractivity contribution in [2.45, 2.75) is 25.3 Å². The predicted octanol–water partition coefficient (Wildman–Crippen LogP) is 2.47. The zero-order valence-corrected chi connectivity index (χ0v) is 12.3. The van der Waals surface area contributed by atoms with Gasteiger partial charge in [0.25, 0.3) is 0 Å². The van der Waals surface area contributed by atoms with E-state index >= 15 is 0 Å². The van der Waals surface area contributed by atoms with E-state index in [1.165, 1.54) is 0 Å². The van der Waals surface area contributed by atoms with Crippen LogP contribution in [0.1, 0.15) is 19.3 Å². The number of hydrogen-bond acceptors (Lipinski definition) is 2. The molecule has 2 aromatic carbocycles. The summed E-state index contributed by atoms with van der Waals surface area (Å²) in [6.07, 6.45) is 2.69. The van der Waals surface area contributed by atoms with Crippen molar-refractivity contribution in [3.8, 4) is 0 Å². The molecule has 2 aromatic rings. The molecule has 4 nitrogen and oxygen atoms in total. The second-order valence-corrected chi connectivity index (χ2v) is 6.15. The Hall–Kier alpha value is -2.36. The number of nitrogens with one attached hydrogen (secondary N) is 1. The average Bonchev–Trinajstić information content (AvgIpc) is 3.26. The number of anilines is 1. The summed E-state index contributed by atoms with van der Waals surface area (Å²) >= 11 is 0. The van der Waals surface area contributed by atoms with Gasteiger partial charge in [0.15, 0.2) is 0 Å². The van der Waals surface area contributed by atoms with Crippen molar-refractivity contribution in [3.05, 3.63) is 42.5 Å². The molecular weight excluding hydrogens is 276 g/mol. The van der Waals surface area contributed by atoms with Crippen LogP contribution in [0.3, 0.4) is 0 Å². The molecule has 1 saturated carbocycles. The molecule has 0 aromatic heterocycles. The van der Waals surface area contributed by atoms with Crippen LogP contribution in [0.15, 0.2) is 42.5 Å². The van der Waals surface area contributed by atoms with Gasteiger partial charge in [-0.3, -0.25) is 9.59 Å². The van der Waals surface area contributed by atoms with E-state index in [-0.39, 0.29) is 11.8 Å². The highest BCUT2D eigenvalue weighted by molar-refractivity contribution is 6.10. The highest BCUT2D eigenvalue weighted by Crippen LogP contribution is 2.29. The second kappa shape index (κ2) is 5.13. The Labute approximate surface area is 129 Å². The zero-order valence-electron chi connectivity index (χ0n) is 12.3. The van der Waals surface area contributed by atoms with Crippen LogP contribution in [0.4, 0.5) is 5.69 Å². The van der Waals surface area contributed by atoms with Crippen molar-refractivity contribution in [3.63, 3.8) is 0 Å². The lowest BCUT2D eigenvalue weighted by Crippen LogP contribution is -2.37. The lowest BCUT2D eigenvalue weighted by Gasteiger charge is -2.17. The van der Waals surface area contributed by atoms with Crippen molar-refractivity contribution in [1.82, 2.24) is 5.32 Å². The first kappa shape index (κ1) is 13.3. The third-order valence-electron chi connectivity index (χ3n) is 4.49. The Morgan fingerprint density at radius 1 is 1.05 bits per heavy atom. The van der Waals surface area contributed by atoms with Crippen LogP contribution in [0.2, 0.25) is 0 Å². The monoisotopic (exact) mass is 294 g/mol. The van der Waals surface area contributed by atoms with Crippen LogP contribution in [0.25, 0.3) is 10.8 Å². The quantitative estimate of drug-likeness (QED) is 0.884. The topological polar surface area (TPSA) is 49.4 Å². The van der Waals surface area contributed by atoms with Gasteiger partial charge in [0, 0.05) is 18.3 Å². The van der Waals surface area contributed by atoms with Gasteiger partial charge < -0.3 is 10.2 Å². The highest BCUT2D eigenvalue weighted by Gasteiger charge is 2.39. The molecule has 1 unspecified atom stereocenters. The fourth-order valence-electron chi connectivity index (χ4n) is 3.05. The fraction of sp³-hybridized carbons (Fsp3) is 0.333. The van der Waals surface area contributed by atoms with Gasteiger partial charge in [-0.1, -0.05) is 30.3 Å². The minimum absolute atomic E-state index is 0.0755. The van der Waals surface area contributed by atoms with Gasteiger partial charge in [-0.2, -0.15) is 0 Å². The van der Waals surface area contributed by atoms with Gasteiger partial charge in [0.2, 0.25) is 11.8 Å². The number of benzene rings is 2. The van der Waals surface area contributed by atoms with E-state index in [0.29, 0.717) is 19.0 Å². The van der Waals surface area contributed by atoms with Crippen molar-refractivity contribution < 1.29 is 9.59 Å². The van der Waals surface area contributed by atoms with Crippen LogP contribution in [-0.2, 0) is 9.59 Å². The van der Waals surface area contributed by atoms with Crippen molar-refractivity contribution >= 4 is 28.3 Å². The van der Waals surface area contributed by atoms with E-state index in [4.69, 9.17) is 0 Å². The van der Waals surface area contributed by atoms with Crippen molar-refractivity contribution in [2.24, 2.45) is 5.92 Å². The number of amides is 2. The van der Waals surface area contributed by atoms with Crippen LogP contribution in [-0.4, -0.2) is 24.4 Å². The molecule has 22 heavy (non-hydrogen) atoms. The first-order valence-electron chi connectivity index (χ1n) is 7.83. The summed E-state index contributed by atoms with van der Waals surface area (Å²) in [4.78, 5) is 26.4. The van der Waals surface area contributed by atoms with Gasteiger partial charge in [0.1, 0.15) is 5.92 Å². The third-order valence-corrected chi connectivity index (χ3v) is 4.49. The number of carbonyl (C=O) groups is 2. The Kier molecular flexibility index (Phi) is 3.10. The summed E-state index contributed by atoms with van der Waals surface area (Å²) in [5.74, 6) is -0.698. The Morgan fingerprint density at radius 3 is 2.59 bits per heavy atom. The van der Waals surface area contributed by atoms with E-state index in [1.54, 1.807) is 4.90 Å². The maximum atomic E-state index is 12.6. The molecule has 0 bridgehead atoms. The van der Waals surface area contributed by atoms with E-state index in [0.717, 1.165) is 29.3 Å². The number of rotatable bonds is 3. The predicted molar refractivity (Wildman–Crippen MR) is 85.6 cm³/mol. The molecule has 1 N–H and O–H groups in total. The number of carbonyl (C=O) groups excluding carboxylic acids is 2. The molecule has 2 aliphatic rings. The summed E-state index contributed by atoms with van der Waals surface area (Å²) in [5, 5.41) is 5.20. The first-order chi connectivity index (χ1) is 10.7. The zero-order chi connectivity index (χ0) is 15.1. The Balaban J connectivity index is 1.56. The second-order valence-electron chi connectivity index (χ2n) is 6.15. The largest absolute Gasteiger partial charge is 0.353 e. The van der Waals surface area contributed by atoms with E-state index in [2.05, 4.69) is 11.4 Å². The number of hydrogen-bond donors (Lipinski definition) is 1. The minimum Gasteiger partial charge on any atom is -0.353 e. The number of nitrogens with zero attached hydrogens (tertiary/aromatic N) is 1.